The Morgan fingerprint density at radius 2 is 1.83 bits per heavy atom. The summed E-state index contributed by atoms with van der Waals surface area (Å²) in [6, 6.07) is 16.0. The maximum atomic E-state index is 6.23. The van der Waals surface area contributed by atoms with Gasteiger partial charge in [0, 0.05) is 54.6 Å². The molecule has 3 aromatic rings. The Balaban J connectivity index is 1.45. The predicted molar refractivity (Wildman–Crippen MR) is 125 cm³/mol. The van der Waals surface area contributed by atoms with Gasteiger partial charge in [0.2, 0.25) is 5.95 Å². The van der Waals surface area contributed by atoms with Gasteiger partial charge in [-0.25, -0.2) is 4.98 Å². The molecule has 29 heavy (non-hydrogen) atoms. The molecule has 0 bridgehead atoms. The van der Waals surface area contributed by atoms with Gasteiger partial charge in [0.05, 0.1) is 5.52 Å². The first kappa shape index (κ1) is 20.1. The average molecular weight is 429 g/mol. The molecular formula is C21H25ClN6S. The zero-order valence-electron chi connectivity index (χ0n) is 16.4. The topological polar surface area (TPSA) is 56.3 Å². The largest absolute Gasteiger partial charge is 0.368 e. The van der Waals surface area contributed by atoms with Gasteiger partial charge in [-0.15, -0.1) is 0 Å². The summed E-state index contributed by atoms with van der Waals surface area (Å²) in [5.74, 6) is 2.52. The fraction of sp³-hybridized carbons (Fsp3) is 0.333. The van der Waals surface area contributed by atoms with Crippen LogP contribution in [-0.2, 0) is 0 Å². The van der Waals surface area contributed by atoms with Crippen LogP contribution in [0.15, 0.2) is 48.5 Å². The number of piperazine rings is 1. The molecule has 0 atom stereocenters. The van der Waals surface area contributed by atoms with E-state index in [-0.39, 0.29) is 0 Å². The molecule has 1 saturated heterocycles. The number of hydrogen-bond donors (Lipinski definition) is 2. The predicted octanol–water partition coefficient (Wildman–Crippen LogP) is 4.21. The van der Waals surface area contributed by atoms with E-state index in [0.29, 0.717) is 5.02 Å². The molecule has 4 rings (SSSR count). The highest BCUT2D eigenvalue weighted by molar-refractivity contribution is 8.00. The molecule has 0 aliphatic carbocycles. The lowest BCUT2D eigenvalue weighted by atomic mass is 10.2. The number of hydrogen-bond acceptors (Lipinski definition) is 7. The van der Waals surface area contributed by atoms with Crippen molar-refractivity contribution in [2.45, 2.75) is 0 Å². The van der Waals surface area contributed by atoms with Crippen molar-refractivity contribution >= 4 is 51.9 Å². The minimum atomic E-state index is 0.691. The number of benzene rings is 2. The first-order valence-corrected chi connectivity index (χ1v) is 11.1. The van der Waals surface area contributed by atoms with E-state index < -0.39 is 0 Å². The van der Waals surface area contributed by atoms with E-state index in [4.69, 9.17) is 21.6 Å². The van der Waals surface area contributed by atoms with Crippen molar-refractivity contribution in [3.05, 3.63) is 53.6 Å². The lowest BCUT2D eigenvalue weighted by Crippen LogP contribution is -2.45. The lowest BCUT2D eigenvalue weighted by Gasteiger charge is -2.32. The number of halogens is 1. The normalized spacial score (nSPS) is 14.9. The summed E-state index contributed by atoms with van der Waals surface area (Å²) in [5.41, 5.74) is 2.02. The van der Waals surface area contributed by atoms with Crippen LogP contribution in [0.4, 0.5) is 17.5 Å². The summed E-state index contributed by atoms with van der Waals surface area (Å²) < 4.78 is 3.35. The van der Waals surface area contributed by atoms with Crippen LogP contribution >= 0.6 is 23.5 Å². The number of rotatable bonds is 7. The Labute approximate surface area is 180 Å². The number of likely N-dealkylation sites (N-methyl/N-ethyl adjacent to an activating group) is 1. The zero-order chi connectivity index (χ0) is 20.1. The average Bonchev–Trinajstić information content (AvgIpc) is 2.75. The van der Waals surface area contributed by atoms with Crippen molar-refractivity contribution in [1.82, 2.24) is 14.9 Å². The van der Waals surface area contributed by atoms with Crippen molar-refractivity contribution in [3.63, 3.8) is 0 Å². The Kier molecular flexibility index (Phi) is 6.59. The van der Waals surface area contributed by atoms with Gasteiger partial charge in [-0.1, -0.05) is 41.7 Å². The van der Waals surface area contributed by atoms with Gasteiger partial charge in [0.25, 0.3) is 0 Å². The van der Waals surface area contributed by atoms with Gasteiger partial charge in [-0.3, -0.25) is 0 Å². The number of aromatic nitrogens is 2. The summed E-state index contributed by atoms with van der Waals surface area (Å²) in [4.78, 5) is 14.2. The second-order valence-corrected chi connectivity index (χ2v) is 8.40. The smallest absolute Gasteiger partial charge is 0.227 e. The highest BCUT2D eigenvalue weighted by Gasteiger charge is 2.18. The molecule has 0 radical (unpaired) electrons. The highest BCUT2D eigenvalue weighted by Crippen LogP contribution is 2.27. The van der Waals surface area contributed by atoms with E-state index in [1.165, 1.54) is 0 Å². The van der Waals surface area contributed by atoms with Gasteiger partial charge < -0.3 is 19.8 Å². The van der Waals surface area contributed by atoms with E-state index in [2.05, 4.69) is 39.0 Å². The quantitative estimate of drug-likeness (QED) is 0.432. The molecule has 1 aliphatic heterocycles. The second-order valence-electron chi connectivity index (χ2n) is 7.07. The van der Waals surface area contributed by atoms with Crippen LogP contribution in [0, 0.1) is 0 Å². The maximum Gasteiger partial charge on any atom is 0.227 e. The SMILES string of the molecule is CN1CCN(c2nc(NCCSNc3ccccc3)c3cc(Cl)ccc3n2)CC1. The molecule has 2 heterocycles. The van der Waals surface area contributed by atoms with Crippen molar-refractivity contribution in [1.29, 1.82) is 0 Å². The van der Waals surface area contributed by atoms with Crippen LogP contribution in [0.2, 0.25) is 5.02 Å². The molecule has 0 saturated carbocycles. The second kappa shape index (κ2) is 9.52. The van der Waals surface area contributed by atoms with Crippen LogP contribution in [0.25, 0.3) is 10.9 Å². The number of para-hydroxylation sites is 1. The van der Waals surface area contributed by atoms with Gasteiger partial charge in [0.1, 0.15) is 5.82 Å². The standard InChI is InChI=1S/C21H25ClN6S/c1-27-10-12-28(13-11-27)21-24-19-8-7-16(22)15-18(19)20(25-21)23-9-14-29-26-17-5-3-2-4-6-17/h2-8,15,26H,9-14H2,1H3,(H,23,24,25). The summed E-state index contributed by atoms with van der Waals surface area (Å²) in [6.07, 6.45) is 0. The first-order chi connectivity index (χ1) is 14.2. The molecule has 2 N–H and O–H groups in total. The fourth-order valence-corrected chi connectivity index (χ4v) is 4.01. The van der Waals surface area contributed by atoms with E-state index in [1.807, 2.05) is 36.4 Å². The van der Waals surface area contributed by atoms with Crippen LogP contribution in [0.1, 0.15) is 0 Å². The summed E-state index contributed by atoms with van der Waals surface area (Å²) in [6.45, 7) is 4.70. The minimum Gasteiger partial charge on any atom is -0.368 e. The minimum absolute atomic E-state index is 0.691. The van der Waals surface area contributed by atoms with Crippen molar-refractivity contribution in [2.75, 3.05) is 60.5 Å². The molecule has 0 spiro atoms. The third kappa shape index (κ3) is 5.23. The molecule has 0 unspecified atom stereocenters. The van der Waals surface area contributed by atoms with E-state index in [9.17, 15) is 0 Å². The monoisotopic (exact) mass is 428 g/mol. The lowest BCUT2D eigenvalue weighted by molar-refractivity contribution is 0.311. The summed E-state index contributed by atoms with van der Waals surface area (Å²) in [7, 11) is 2.15. The van der Waals surface area contributed by atoms with Gasteiger partial charge in [-0.2, -0.15) is 4.98 Å². The third-order valence-corrected chi connectivity index (χ3v) is 5.92. The first-order valence-electron chi connectivity index (χ1n) is 9.76. The number of nitrogens with zero attached hydrogens (tertiary/aromatic N) is 4. The zero-order valence-corrected chi connectivity index (χ0v) is 18.0. The highest BCUT2D eigenvalue weighted by atomic mass is 35.5. The Bertz CT molecular complexity index is 947. The molecule has 1 fully saturated rings. The van der Waals surface area contributed by atoms with Crippen molar-refractivity contribution in [3.8, 4) is 0 Å². The molecule has 152 valence electrons. The summed E-state index contributed by atoms with van der Waals surface area (Å²) >= 11 is 7.90. The number of fused-ring (bicyclic) bond motifs is 1. The Hall–Kier alpha value is -2.22. The molecule has 2 aromatic carbocycles. The Morgan fingerprint density at radius 3 is 2.62 bits per heavy atom. The van der Waals surface area contributed by atoms with Crippen LogP contribution in [-0.4, -0.2) is 60.4 Å². The van der Waals surface area contributed by atoms with Gasteiger partial charge in [0.15, 0.2) is 0 Å². The molecule has 8 heteroatoms. The van der Waals surface area contributed by atoms with Crippen LogP contribution < -0.4 is 14.9 Å². The molecule has 0 amide bonds. The maximum absolute atomic E-state index is 6.23. The van der Waals surface area contributed by atoms with E-state index in [1.54, 1.807) is 11.9 Å². The van der Waals surface area contributed by atoms with Crippen molar-refractivity contribution in [2.24, 2.45) is 0 Å². The third-order valence-electron chi connectivity index (χ3n) is 4.89. The number of anilines is 3. The van der Waals surface area contributed by atoms with Gasteiger partial charge >= 0.3 is 0 Å². The number of nitrogens with one attached hydrogen (secondary N) is 2. The molecule has 6 nitrogen and oxygen atoms in total. The van der Waals surface area contributed by atoms with Gasteiger partial charge in [-0.05, 0) is 37.4 Å². The Morgan fingerprint density at radius 1 is 1.03 bits per heavy atom. The van der Waals surface area contributed by atoms with Crippen LogP contribution in [0.3, 0.4) is 0 Å². The summed E-state index contributed by atoms with van der Waals surface area (Å²) in [5, 5.41) is 5.13. The fourth-order valence-electron chi connectivity index (χ4n) is 3.23. The molecule has 1 aliphatic rings. The van der Waals surface area contributed by atoms with E-state index in [0.717, 1.165) is 66.8 Å². The van der Waals surface area contributed by atoms with Crippen molar-refractivity contribution < 1.29 is 0 Å². The van der Waals surface area contributed by atoms with Crippen LogP contribution in [0.5, 0.6) is 0 Å². The molecular weight excluding hydrogens is 404 g/mol. The molecule has 1 aromatic heterocycles. The van der Waals surface area contributed by atoms with E-state index >= 15 is 0 Å².